The molecular weight excluding hydrogens is 244 g/mol. The monoisotopic (exact) mass is 262 g/mol. The van der Waals surface area contributed by atoms with Gasteiger partial charge in [0.25, 0.3) is 0 Å². The molecule has 0 amide bonds. The van der Waals surface area contributed by atoms with Crippen LogP contribution in [0, 0.1) is 0 Å². The summed E-state index contributed by atoms with van der Waals surface area (Å²) >= 11 is 0. The van der Waals surface area contributed by atoms with Gasteiger partial charge in [0.1, 0.15) is 5.65 Å². The van der Waals surface area contributed by atoms with E-state index < -0.39 is 0 Å². The molecule has 4 rings (SSSR count). The average molecular weight is 262 g/mol. The molecule has 0 bridgehead atoms. The molecule has 4 aromatic rings. The molecule has 20 heavy (non-hydrogen) atoms. The lowest BCUT2D eigenvalue weighted by Gasteiger charge is -2.05. The Balaban J connectivity index is 2.16. The van der Waals surface area contributed by atoms with Crippen molar-refractivity contribution in [2.75, 3.05) is 0 Å². The first kappa shape index (κ1) is 11.6. The van der Waals surface area contributed by atoms with Crippen molar-refractivity contribution in [2.24, 2.45) is 0 Å². The van der Waals surface area contributed by atoms with E-state index in [1.165, 1.54) is 45.7 Å². The smallest absolute Gasteiger partial charge is 0.119 e. The molecule has 2 aromatic heterocycles. The summed E-state index contributed by atoms with van der Waals surface area (Å²) in [6.07, 6.45) is 2.43. The zero-order valence-corrected chi connectivity index (χ0v) is 11.7. The zero-order chi connectivity index (χ0) is 13.5. The molecule has 2 nitrogen and oxygen atoms in total. The summed E-state index contributed by atoms with van der Waals surface area (Å²) in [5.41, 5.74) is 3.84. The third-order valence-electron chi connectivity index (χ3n) is 4.16. The van der Waals surface area contributed by atoms with E-state index in [4.69, 9.17) is 0 Å². The van der Waals surface area contributed by atoms with Crippen LogP contribution in [0.15, 0.2) is 48.5 Å². The van der Waals surface area contributed by atoms with Crippen LogP contribution in [0.1, 0.15) is 19.8 Å². The van der Waals surface area contributed by atoms with Gasteiger partial charge in [-0.15, -0.1) is 0 Å². The van der Waals surface area contributed by atoms with Crippen LogP contribution in [0.2, 0.25) is 0 Å². The van der Waals surface area contributed by atoms with Crippen LogP contribution in [-0.4, -0.2) is 9.55 Å². The Kier molecular flexibility index (Phi) is 2.56. The zero-order valence-electron chi connectivity index (χ0n) is 11.7. The molecule has 0 fully saturated rings. The number of nitrogens with zero attached hydrogens (tertiary/aromatic N) is 1. The van der Waals surface area contributed by atoms with Crippen LogP contribution in [0.5, 0.6) is 0 Å². The number of H-pyrrole nitrogens is 1. The molecule has 0 aliphatic carbocycles. The first-order chi connectivity index (χ1) is 9.90. The fraction of sp³-hybridized carbons (Fsp3) is 0.222. The fourth-order valence-corrected chi connectivity index (χ4v) is 3.19. The molecule has 0 saturated heterocycles. The van der Waals surface area contributed by atoms with Crippen molar-refractivity contribution in [3.63, 3.8) is 0 Å². The average Bonchev–Trinajstić information content (AvgIpc) is 3.00. The van der Waals surface area contributed by atoms with Gasteiger partial charge in [-0.25, -0.2) is 0 Å². The van der Waals surface area contributed by atoms with Crippen molar-refractivity contribution >= 4 is 32.8 Å². The molecule has 1 N–H and O–H groups in total. The van der Waals surface area contributed by atoms with Gasteiger partial charge in [-0.05, 0) is 18.6 Å². The number of unbranched alkanes of at least 4 members (excludes halogenated alkanes) is 1. The Bertz CT molecular complexity index is 896. The number of benzene rings is 2. The Morgan fingerprint density at radius 2 is 1.70 bits per heavy atom. The molecule has 0 radical (unpaired) electrons. The van der Waals surface area contributed by atoms with Gasteiger partial charge in [0, 0.05) is 28.2 Å². The summed E-state index contributed by atoms with van der Waals surface area (Å²) in [6.45, 7) is 3.32. The van der Waals surface area contributed by atoms with E-state index >= 15 is 0 Å². The van der Waals surface area contributed by atoms with Crippen molar-refractivity contribution in [3.05, 3.63) is 48.5 Å². The molecule has 0 atom stereocenters. The number of rotatable bonds is 3. The van der Waals surface area contributed by atoms with Crippen LogP contribution in [0.25, 0.3) is 32.8 Å². The van der Waals surface area contributed by atoms with Gasteiger partial charge in [0.2, 0.25) is 0 Å². The maximum Gasteiger partial charge on any atom is 0.119 e. The van der Waals surface area contributed by atoms with Crippen molar-refractivity contribution in [2.45, 2.75) is 26.3 Å². The minimum atomic E-state index is 1.08. The predicted octanol–water partition coefficient (Wildman–Crippen LogP) is 5.08. The highest BCUT2D eigenvalue weighted by Gasteiger charge is 2.14. The molecule has 2 heteroatoms. The van der Waals surface area contributed by atoms with Crippen molar-refractivity contribution in [3.8, 4) is 0 Å². The lowest BCUT2D eigenvalue weighted by atomic mass is 10.1. The lowest BCUT2D eigenvalue weighted by Crippen LogP contribution is -1.97. The molecule has 100 valence electrons. The normalized spacial score (nSPS) is 11.8. The Morgan fingerprint density at radius 1 is 0.950 bits per heavy atom. The minimum absolute atomic E-state index is 1.08. The van der Waals surface area contributed by atoms with Gasteiger partial charge in [-0.2, -0.15) is 0 Å². The second-order valence-electron chi connectivity index (χ2n) is 5.42. The summed E-state index contributed by atoms with van der Waals surface area (Å²) < 4.78 is 2.44. The van der Waals surface area contributed by atoms with Gasteiger partial charge in [-0.3, -0.25) is 0 Å². The number of aryl methyl sites for hydroxylation is 1. The quantitative estimate of drug-likeness (QED) is 0.532. The summed E-state index contributed by atoms with van der Waals surface area (Å²) in [5, 5.41) is 4.05. The molecule has 2 heterocycles. The number of aromatic nitrogens is 2. The molecule has 0 spiro atoms. The van der Waals surface area contributed by atoms with Crippen molar-refractivity contribution < 1.29 is 0 Å². The van der Waals surface area contributed by atoms with Crippen molar-refractivity contribution in [1.29, 1.82) is 0 Å². The predicted molar refractivity (Wildman–Crippen MR) is 86.2 cm³/mol. The van der Waals surface area contributed by atoms with E-state index in [1.54, 1.807) is 0 Å². The van der Waals surface area contributed by atoms with E-state index in [9.17, 15) is 0 Å². The van der Waals surface area contributed by atoms with Gasteiger partial charge in [-0.1, -0.05) is 49.7 Å². The molecule has 0 aliphatic rings. The number of nitrogens with one attached hydrogen (secondary N) is 1. The second-order valence-corrected chi connectivity index (χ2v) is 5.42. The third kappa shape index (κ3) is 1.51. The van der Waals surface area contributed by atoms with E-state index in [0.717, 1.165) is 6.54 Å². The van der Waals surface area contributed by atoms with E-state index in [-0.39, 0.29) is 0 Å². The minimum Gasteiger partial charge on any atom is -0.341 e. The van der Waals surface area contributed by atoms with Gasteiger partial charge >= 0.3 is 0 Å². The third-order valence-corrected chi connectivity index (χ3v) is 4.16. The number of fused-ring (bicyclic) bond motifs is 5. The Morgan fingerprint density at radius 3 is 2.55 bits per heavy atom. The standard InChI is InChI=1S/C18H18N2/c1-2-3-12-20-16-11-7-5-9-14(16)17-13-8-4-6-10-15(13)19-18(17)20/h4-11,19H,2-3,12H2,1H3. The first-order valence-corrected chi connectivity index (χ1v) is 7.38. The Hall–Kier alpha value is -2.22. The topological polar surface area (TPSA) is 20.7 Å². The highest BCUT2D eigenvalue weighted by molar-refractivity contribution is 6.20. The number of hydrogen-bond acceptors (Lipinski definition) is 0. The maximum atomic E-state index is 3.61. The number of para-hydroxylation sites is 2. The van der Waals surface area contributed by atoms with Crippen LogP contribution >= 0.6 is 0 Å². The van der Waals surface area contributed by atoms with E-state index in [0.29, 0.717) is 0 Å². The molecule has 0 aliphatic heterocycles. The highest BCUT2D eigenvalue weighted by atomic mass is 15.0. The molecule has 2 aromatic carbocycles. The SMILES string of the molecule is CCCCn1c2ccccc2c2c3ccccc3[nH]c21. The van der Waals surface area contributed by atoms with Gasteiger partial charge in [0.05, 0.1) is 5.52 Å². The van der Waals surface area contributed by atoms with E-state index in [2.05, 4.69) is 65.0 Å². The van der Waals surface area contributed by atoms with E-state index in [1.807, 2.05) is 0 Å². The summed E-state index contributed by atoms with van der Waals surface area (Å²) in [5.74, 6) is 0. The van der Waals surface area contributed by atoms with Crippen LogP contribution in [0.3, 0.4) is 0 Å². The lowest BCUT2D eigenvalue weighted by molar-refractivity contribution is 0.662. The van der Waals surface area contributed by atoms with Gasteiger partial charge in [0.15, 0.2) is 0 Å². The molecule has 0 saturated carbocycles. The number of hydrogen-bond donors (Lipinski definition) is 1. The Labute approximate surface area is 118 Å². The molecular formula is C18H18N2. The van der Waals surface area contributed by atoms with Crippen LogP contribution < -0.4 is 0 Å². The van der Waals surface area contributed by atoms with Crippen LogP contribution in [-0.2, 0) is 6.54 Å². The largest absolute Gasteiger partial charge is 0.341 e. The second kappa shape index (κ2) is 4.41. The van der Waals surface area contributed by atoms with Gasteiger partial charge < -0.3 is 9.55 Å². The van der Waals surface area contributed by atoms with Crippen molar-refractivity contribution in [1.82, 2.24) is 9.55 Å². The number of aromatic amines is 1. The van der Waals surface area contributed by atoms with Crippen LogP contribution in [0.4, 0.5) is 0 Å². The highest BCUT2D eigenvalue weighted by Crippen LogP contribution is 2.34. The summed E-state index contributed by atoms with van der Waals surface area (Å²) in [6, 6.07) is 17.3. The first-order valence-electron chi connectivity index (χ1n) is 7.38. The summed E-state index contributed by atoms with van der Waals surface area (Å²) in [4.78, 5) is 3.61. The fourth-order valence-electron chi connectivity index (χ4n) is 3.19. The maximum absolute atomic E-state index is 3.61. The summed E-state index contributed by atoms with van der Waals surface area (Å²) in [7, 11) is 0. The molecule has 0 unspecified atom stereocenters.